The van der Waals surface area contributed by atoms with Gasteiger partial charge in [-0.3, -0.25) is 4.98 Å². The summed E-state index contributed by atoms with van der Waals surface area (Å²) in [6, 6.07) is 9.72. The number of halogens is 5. The lowest BCUT2D eigenvalue weighted by molar-refractivity contribution is 0.602. The summed E-state index contributed by atoms with van der Waals surface area (Å²) in [4.78, 5) is 4.18. The predicted octanol–water partition coefficient (Wildman–Crippen LogP) is 6.47. The minimum atomic E-state index is -0.568. The average molecular weight is 459 g/mol. The Morgan fingerprint density at radius 2 is 1.75 bits per heavy atom. The van der Waals surface area contributed by atoms with Crippen LogP contribution in [-0.2, 0) is 6.54 Å². The summed E-state index contributed by atoms with van der Waals surface area (Å²) in [5, 5.41) is 7.13. The summed E-state index contributed by atoms with van der Waals surface area (Å²) >= 11 is 23.4. The summed E-state index contributed by atoms with van der Waals surface area (Å²) in [6.07, 6.45) is 1.51. The van der Waals surface area contributed by atoms with Crippen LogP contribution in [0.2, 0.25) is 15.1 Å². The van der Waals surface area contributed by atoms with Crippen molar-refractivity contribution in [2.24, 2.45) is 0 Å². The molecule has 0 bridgehead atoms. The molecule has 3 aromatic rings. The molecular formula is C19H12Cl3F2N3S. The SMILES string of the molecule is Fc1ccc(F)c(-c2ncccc2CNC(=S)Nc2c(Cl)cc(Cl)cc2Cl)c1. The standard InChI is InChI=1S/C19H12Cl3F2N3S/c20-11-6-14(21)18(15(22)7-11)27-19(28)26-9-10-2-1-5-25-17(10)13-8-12(23)3-4-16(13)24/h1-8H,9H2,(H2,26,27,28). The molecule has 0 saturated carbocycles. The van der Waals surface area contributed by atoms with Gasteiger partial charge in [0.05, 0.1) is 21.4 Å². The largest absolute Gasteiger partial charge is 0.358 e. The number of nitrogens with one attached hydrogen (secondary N) is 2. The highest BCUT2D eigenvalue weighted by Crippen LogP contribution is 2.33. The fraction of sp³-hybridized carbons (Fsp3) is 0.0526. The van der Waals surface area contributed by atoms with E-state index in [0.717, 1.165) is 18.2 Å². The van der Waals surface area contributed by atoms with Crippen molar-refractivity contribution < 1.29 is 8.78 Å². The predicted molar refractivity (Wildman–Crippen MR) is 114 cm³/mol. The van der Waals surface area contributed by atoms with Gasteiger partial charge in [-0.15, -0.1) is 0 Å². The van der Waals surface area contributed by atoms with Gasteiger partial charge in [0, 0.05) is 23.3 Å². The van der Waals surface area contributed by atoms with Gasteiger partial charge >= 0.3 is 0 Å². The number of rotatable bonds is 4. The molecule has 144 valence electrons. The van der Waals surface area contributed by atoms with E-state index >= 15 is 0 Å². The number of hydrogen-bond donors (Lipinski definition) is 2. The smallest absolute Gasteiger partial charge is 0.171 e. The summed E-state index contributed by atoms with van der Waals surface area (Å²) in [5.74, 6) is -1.12. The van der Waals surface area contributed by atoms with Crippen molar-refractivity contribution in [1.29, 1.82) is 0 Å². The van der Waals surface area contributed by atoms with Crippen molar-refractivity contribution in [3.05, 3.63) is 80.9 Å². The second-order valence-electron chi connectivity index (χ2n) is 5.69. The summed E-state index contributed by atoms with van der Waals surface area (Å²) in [6.45, 7) is 0.216. The number of pyridine rings is 1. The molecule has 0 aliphatic carbocycles. The number of hydrogen-bond acceptors (Lipinski definition) is 2. The first-order valence-electron chi connectivity index (χ1n) is 7.94. The monoisotopic (exact) mass is 457 g/mol. The summed E-state index contributed by atoms with van der Waals surface area (Å²) < 4.78 is 27.7. The Balaban J connectivity index is 1.77. The van der Waals surface area contributed by atoms with Gasteiger partial charge in [-0.25, -0.2) is 8.78 Å². The molecule has 0 aliphatic heterocycles. The van der Waals surface area contributed by atoms with Crippen molar-refractivity contribution in [2.75, 3.05) is 5.32 Å². The van der Waals surface area contributed by atoms with Crippen molar-refractivity contribution >= 4 is 57.8 Å². The Hall–Kier alpha value is -1.99. The van der Waals surface area contributed by atoms with Crippen LogP contribution in [0.1, 0.15) is 5.56 Å². The molecule has 0 radical (unpaired) electrons. The van der Waals surface area contributed by atoms with Crippen LogP contribution in [0.3, 0.4) is 0 Å². The maximum Gasteiger partial charge on any atom is 0.171 e. The third-order valence-electron chi connectivity index (χ3n) is 3.76. The van der Waals surface area contributed by atoms with Gasteiger partial charge in [-0.05, 0) is 54.2 Å². The van der Waals surface area contributed by atoms with Crippen LogP contribution in [0.15, 0.2) is 48.7 Å². The van der Waals surface area contributed by atoms with Crippen LogP contribution in [0, 0.1) is 11.6 Å². The van der Waals surface area contributed by atoms with Gasteiger partial charge in [-0.2, -0.15) is 0 Å². The third-order valence-corrected chi connectivity index (χ3v) is 4.82. The second-order valence-corrected chi connectivity index (χ2v) is 7.35. The van der Waals surface area contributed by atoms with Crippen LogP contribution < -0.4 is 10.6 Å². The number of nitrogens with zero attached hydrogens (tertiary/aromatic N) is 1. The highest BCUT2D eigenvalue weighted by atomic mass is 35.5. The molecule has 0 aliphatic rings. The number of aromatic nitrogens is 1. The van der Waals surface area contributed by atoms with E-state index in [9.17, 15) is 8.78 Å². The van der Waals surface area contributed by atoms with E-state index in [4.69, 9.17) is 47.0 Å². The fourth-order valence-electron chi connectivity index (χ4n) is 2.50. The van der Waals surface area contributed by atoms with Gasteiger partial charge in [0.2, 0.25) is 0 Å². The number of benzene rings is 2. The highest BCUT2D eigenvalue weighted by molar-refractivity contribution is 7.80. The van der Waals surface area contributed by atoms with E-state index in [0.29, 0.717) is 32.0 Å². The van der Waals surface area contributed by atoms with Gasteiger partial charge in [0.1, 0.15) is 11.6 Å². The van der Waals surface area contributed by atoms with Crippen LogP contribution in [-0.4, -0.2) is 10.1 Å². The Kier molecular flexibility index (Phi) is 6.67. The second kappa shape index (κ2) is 9.01. The van der Waals surface area contributed by atoms with E-state index in [1.165, 1.54) is 18.3 Å². The zero-order chi connectivity index (χ0) is 20.3. The quantitative estimate of drug-likeness (QED) is 0.439. The zero-order valence-electron chi connectivity index (χ0n) is 14.1. The highest BCUT2D eigenvalue weighted by Gasteiger charge is 2.14. The topological polar surface area (TPSA) is 37.0 Å². The molecule has 2 N–H and O–H groups in total. The molecular weight excluding hydrogens is 447 g/mol. The number of anilines is 1. The molecule has 3 rings (SSSR count). The fourth-order valence-corrected chi connectivity index (χ4v) is 3.58. The Morgan fingerprint density at radius 3 is 2.46 bits per heavy atom. The lowest BCUT2D eigenvalue weighted by Gasteiger charge is -2.15. The molecule has 1 aromatic heterocycles. The van der Waals surface area contributed by atoms with Gasteiger partial charge in [0.25, 0.3) is 0 Å². The average Bonchev–Trinajstić information content (AvgIpc) is 2.65. The molecule has 0 unspecified atom stereocenters. The molecule has 0 amide bonds. The first-order valence-corrected chi connectivity index (χ1v) is 9.48. The van der Waals surface area contributed by atoms with Crippen LogP contribution >= 0.6 is 47.0 Å². The molecule has 3 nitrogen and oxygen atoms in total. The van der Waals surface area contributed by atoms with Crippen molar-refractivity contribution in [1.82, 2.24) is 10.3 Å². The van der Waals surface area contributed by atoms with Crippen molar-refractivity contribution in [3.8, 4) is 11.3 Å². The van der Waals surface area contributed by atoms with E-state index in [2.05, 4.69) is 15.6 Å². The van der Waals surface area contributed by atoms with E-state index < -0.39 is 11.6 Å². The van der Waals surface area contributed by atoms with E-state index in [1.807, 2.05) is 0 Å². The van der Waals surface area contributed by atoms with Crippen LogP contribution in [0.5, 0.6) is 0 Å². The lowest BCUT2D eigenvalue weighted by Crippen LogP contribution is -2.28. The normalized spacial score (nSPS) is 10.6. The van der Waals surface area contributed by atoms with E-state index in [1.54, 1.807) is 12.1 Å². The molecule has 0 atom stereocenters. The summed E-state index contributed by atoms with van der Waals surface area (Å²) in [5.41, 5.74) is 1.43. The molecule has 1 heterocycles. The molecule has 2 aromatic carbocycles. The summed E-state index contributed by atoms with van der Waals surface area (Å²) in [7, 11) is 0. The Bertz CT molecular complexity index is 1020. The third kappa shape index (κ3) is 4.89. The van der Waals surface area contributed by atoms with Crippen molar-refractivity contribution in [2.45, 2.75) is 6.54 Å². The molecule has 0 saturated heterocycles. The minimum Gasteiger partial charge on any atom is -0.358 e. The molecule has 0 spiro atoms. The number of thiocarbonyl (C=S) groups is 1. The Labute approximate surface area is 180 Å². The lowest BCUT2D eigenvalue weighted by atomic mass is 10.1. The van der Waals surface area contributed by atoms with Crippen LogP contribution in [0.25, 0.3) is 11.3 Å². The zero-order valence-corrected chi connectivity index (χ0v) is 17.2. The van der Waals surface area contributed by atoms with Gasteiger partial charge < -0.3 is 10.6 Å². The Morgan fingerprint density at radius 1 is 1.04 bits per heavy atom. The van der Waals surface area contributed by atoms with E-state index in [-0.39, 0.29) is 17.2 Å². The van der Waals surface area contributed by atoms with Crippen molar-refractivity contribution in [3.63, 3.8) is 0 Å². The molecule has 0 fully saturated rings. The minimum absolute atomic E-state index is 0.0695. The first kappa shape index (κ1) is 20.7. The first-order chi connectivity index (χ1) is 13.3. The molecule has 9 heteroatoms. The maximum atomic E-state index is 14.1. The van der Waals surface area contributed by atoms with Gasteiger partial charge in [0.15, 0.2) is 5.11 Å². The van der Waals surface area contributed by atoms with Crippen LogP contribution in [0.4, 0.5) is 14.5 Å². The van der Waals surface area contributed by atoms with Gasteiger partial charge in [-0.1, -0.05) is 40.9 Å². The molecule has 28 heavy (non-hydrogen) atoms. The maximum absolute atomic E-state index is 14.1.